The number of aliphatic hydroxyl groups excluding tert-OH is 1. The molecule has 2 N–H and O–H groups in total. The highest BCUT2D eigenvalue weighted by atomic mass is 19.3. The Morgan fingerprint density at radius 2 is 2.00 bits per heavy atom. The van der Waals surface area contributed by atoms with Crippen LogP contribution in [-0.4, -0.2) is 16.5 Å². The average molecular weight is 197 g/mol. The Hall–Kier alpha value is -1.42. The number of rotatable bonds is 2. The van der Waals surface area contributed by atoms with Gasteiger partial charge in [0, 0.05) is 17.1 Å². The zero-order valence-electron chi connectivity index (χ0n) is 7.24. The summed E-state index contributed by atoms with van der Waals surface area (Å²) >= 11 is 0. The minimum Gasteiger partial charge on any atom is -0.382 e. The molecule has 2 nitrogen and oxygen atoms in total. The SMILES string of the molecule is OC(c1cccc2[nH]ccc12)C(F)F. The molecule has 2 aromatic rings. The van der Waals surface area contributed by atoms with Gasteiger partial charge in [0.05, 0.1) is 0 Å². The van der Waals surface area contributed by atoms with Crippen molar-refractivity contribution in [3.63, 3.8) is 0 Å². The molecular weight excluding hydrogens is 188 g/mol. The van der Waals surface area contributed by atoms with Gasteiger partial charge in [0.25, 0.3) is 6.43 Å². The molecule has 0 aliphatic carbocycles. The molecule has 1 aromatic carbocycles. The minimum absolute atomic E-state index is 0.263. The van der Waals surface area contributed by atoms with E-state index in [1.807, 2.05) is 0 Å². The van der Waals surface area contributed by atoms with Crippen LogP contribution in [0.3, 0.4) is 0 Å². The third-order valence-electron chi connectivity index (χ3n) is 2.19. The molecule has 0 amide bonds. The molecule has 1 unspecified atom stereocenters. The number of fused-ring (bicyclic) bond motifs is 1. The van der Waals surface area contributed by atoms with Crippen molar-refractivity contribution >= 4 is 10.9 Å². The number of nitrogens with one attached hydrogen (secondary N) is 1. The summed E-state index contributed by atoms with van der Waals surface area (Å²) in [5, 5.41) is 9.89. The van der Waals surface area contributed by atoms with Crippen molar-refractivity contribution in [2.24, 2.45) is 0 Å². The zero-order valence-corrected chi connectivity index (χ0v) is 7.24. The summed E-state index contributed by atoms with van der Waals surface area (Å²) in [4.78, 5) is 2.90. The van der Waals surface area contributed by atoms with Gasteiger partial charge in [-0.2, -0.15) is 0 Å². The zero-order chi connectivity index (χ0) is 10.1. The van der Waals surface area contributed by atoms with E-state index in [4.69, 9.17) is 0 Å². The van der Waals surface area contributed by atoms with Crippen molar-refractivity contribution in [3.8, 4) is 0 Å². The molecule has 1 aromatic heterocycles. The maximum atomic E-state index is 12.3. The number of aromatic nitrogens is 1. The number of alkyl halides is 2. The predicted molar refractivity (Wildman–Crippen MR) is 49.3 cm³/mol. The van der Waals surface area contributed by atoms with Gasteiger partial charge in [0.15, 0.2) is 0 Å². The fourth-order valence-electron chi connectivity index (χ4n) is 1.50. The summed E-state index contributed by atoms with van der Waals surface area (Å²) < 4.78 is 24.6. The Kier molecular flexibility index (Phi) is 2.21. The van der Waals surface area contributed by atoms with E-state index in [1.165, 1.54) is 6.07 Å². The minimum atomic E-state index is -2.75. The molecule has 4 heteroatoms. The lowest BCUT2D eigenvalue weighted by atomic mass is 10.1. The van der Waals surface area contributed by atoms with E-state index in [0.717, 1.165) is 5.52 Å². The smallest absolute Gasteiger partial charge is 0.268 e. The Morgan fingerprint density at radius 1 is 1.21 bits per heavy atom. The van der Waals surface area contributed by atoms with E-state index in [2.05, 4.69) is 4.98 Å². The molecule has 0 aliphatic heterocycles. The lowest BCUT2D eigenvalue weighted by Gasteiger charge is -2.10. The summed E-state index contributed by atoms with van der Waals surface area (Å²) in [6.07, 6.45) is -2.81. The monoisotopic (exact) mass is 197 g/mol. The summed E-state index contributed by atoms with van der Waals surface area (Å²) in [5.74, 6) is 0. The summed E-state index contributed by atoms with van der Waals surface area (Å²) in [6.45, 7) is 0. The maximum absolute atomic E-state index is 12.3. The highest BCUT2D eigenvalue weighted by molar-refractivity contribution is 5.83. The Morgan fingerprint density at radius 3 is 2.71 bits per heavy atom. The van der Waals surface area contributed by atoms with Crippen LogP contribution in [0, 0.1) is 0 Å². The Bertz CT molecular complexity index is 438. The molecule has 0 saturated carbocycles. The molecule has 0 aliphatic rings. The average Bonchev–Trinajstić information content (AvgIpc) is 2.63. The van der Waals surface area contributed by atoms with Gasteiger partial charge < -0.3 is 10.1 Å². The van der Waals surface area contributed by atoms with Gasteiger partial charge in [-0.25, -0.2) is 8.78 Å². The van der Waals surface area contributed by atoms with Crippen LogP contribution < -0.4 is 0 Å². The van der Waals surface area contributed by atoms with E-state index in [1.54, 1.807) is 24.4 Å². The van der Waals surface area contributed by atoms with E-state index >= 15 is 0 Å². The van der Waals surface area contributed by atoms with Crippen molar-refractivity contribution in [3.05, 3.63) is 36.0 Å². The van der Waals surface area contributed by atoms with Gasteiger partial charge in [-0.1, -0.05) is 12.1 Å². The third kappa shape index (κ3) is 1.37. The topological polar surface area (TPSA) is 36.0 Å². The van der Waals surface area contributed by atoms with E-state index in [-0.39, 0.29) is 5.56 Å². The third-order valence-corrected chi connectivity index (χ3v) is 2.19. The van der Waals surface area contributed by atoms with Crippen molar-refractivity contribution in [2.45, 2.75) is 12.5 Å². The number of aliphatic hydroxyl groups is 1. The fraction of sp³-hybridized carbons (Fsp3) is 0.200. The first-order valence-electron chi connectivity index (χ1n) is 4.22. The number of halogens is 2. The largest absolute Gasteiger partial charge is 0.382 e. The summed E-state index contributed by atoms with van der Waals surface area (Å²) in [5.41, 5.74) is 1.01. The van der Waals surface area contributed by atoms with Crippen molar-refractivity contribution in [2.75, 3.05) is 0 Å². The number of H-pyrrole nitrogens is 1. The first-order chi connectivity index (χ1) is 6.70. The molecule has 14 heavy (non-hydrogen) atoms. The van der Waals surface area contributed by atoms with Crippen molar-refractivity contribution in [1.29, 1.82) is 0 Å². The van der Waals surface area contributed by atoms with Gasteiger partial charge in [0.1, 0.15) is 6.10 Å². The lowest BCUT2D eigenvalue weighted by Crippen LogP contribution is -2.07. The standard InChI is InChI=1S/C10H9F2NO/c11-10(12)9(14)7-2-1-3-8-6(7)4-5-13-8/h1-5,9-10,13-14H. The Labute approximate surface area is 79.2 Å². The van der Waals surface area contributed by atoms with Crippen molar-refractivity contribution < 1.29 is 13.9 Å². The maximum Gasteiger partial charge on any atom is 0.268 e. The molecule has 0 spiro atoms. The second-order valence-corrected chi connectivity index (χ2v) is 3.07. The highest BCUT2D eigenvalue weighted by Gasteiger charge is 2.20. The van der Waals surface area contributed by atoms with E-state index in [0.29, 0.717) is 5.39 Å². The summed E-state index contributed by atoms with van der Waals surface area (Å²) in [7, 11) is 0. The van der Waals surface area contributed by atoms with Crippen LogP contribution in [0.25, 0.3) is 10.9 Å². The predicted octanol–water partition coefficient (Wildman–Crippen LogP) is 2.47. The van der Waals surface area contributed by atoms with Gasteiger partial charge in [-0.05, 0) is 17.7 Å². The van der Waals surface area contributed by atoms with Crippen LogP contribution in [0.5, 0.6) is 0 Å². The lowest BCUT2D eigenvalue weighted by molar-refractivity contribution is -0.00494. The van der Waals surface area contributed by atoms with Crippen molar-refractivity contribution in [1.82, 2.24) is 4.98 Å². The van der Waals surface area contributed by atoms with E-state index in [9.17, 15) is 13.9 Å². The van der Waals surface area contributed by atoms with Gasteiger partial charge in [0.2, 0.25) is 0 Å². The normalized spacial score (nSPS) is 13.7. The van der Waals surface area contributed by atoms with Gasteiger partial charge in [-0.3, -0.25) is 0 Å². The first kappa shape index (κ1) is 9.15. The van der Waals surface area contributed by atoms with Gasteiger partial charge >= 0.3 is 0 Å². The molecule has 1 atom stereocenters. The summed E-state index contributed by atoms with van der Waals surface area (Å²) in [6, 6.07) is 6.60. The van der Waals surface area contributed by atoms with E-state index < -0.39 is 12.5 Å². The molecule has 0 bridgehead atoms. The number of aromatic amines is 1. The van der Waals surface area contributed by atoms with Gasteiger partial charge in [-0.15, -0.1) is 0 Å². The molecule has 0 fully saturated rings. The number of benzene rings is 1. The fourth-order valence-corrected chi connectivity index (χ4v) is 1.50. The second-order valence-electron chi connectivity index (χ2n) is 3.07. The van der Waals surface area contributed by atoms with Crippen LogP contribution >= 0.6 is 0 Å². The number of hydrogen-bond acceptors (Lipinski definition) is 1. The molecule has 0 saturated heterocycles. The quantitative estimate of drug-likeness (QED) is 0.762. The molecule has 2 rings (SSSR count). The van der Waals surface area contributed by atoms with Crippen LogP contribution in [0.2, 0.25) is 0 Å². The van der Waals surface area contributed by atoms with Crippen LogP contribution in [-0.2, 0) is 0 Å². The molecule has 74 valence electrons. The van der Waals surface area contributed by atoms with Crippen LogP contribution in [0.15, 0.2) is 30.5 Å². The second kappa shape index (κ2) is 3.38. The number of hydrogen-bond donors (Lipinski definition) is 2. The molecule has 1 heterocycles. The Balaban J connectivity index is 2.56. The molecule has 0 radical (unpaired) electrons. The first-order valence-corrected chi connectivity index (χ1v) is 4.22. The highest BCUT2D eigenvalue weighted by Crippen LogP contribution is 2.27. The van der Waals surface area contributed by atoms with Crippen LogP contribution in [0.4, 0.5) is 8.78 Å². The molecular formula is C10H9F2NO. The van der Waals surface area contributed by atoms with Crippen LogP contribution in [0.1, 0.15) is 11.7 Å².